The molecule has 0 aliphatic heterocycles. The maximum atomic E-state index is 14.4. The van der Waals surface area contributed by atoms with E-state index >= 15 is 0 Å². The normalized spacial score (nSPS) is 11.7. The van der Waals surface area contributed by atoms with Crippen LogP contribution in [0.1, 0.15) is 21.5 Å². The zero-order valence-electron chi connectivity index (χ0n) is 20.7. The van der Waals surface area contributed by atoms with Gasteiger partial charge < -0.3 is 0 Å². The van der Waals surface area contributed by atoms with Crippen LogP contribution in [0.3, 0.4) is 0 Å². The summed E-state index contributed by atoms with van der Waals surface area (Å²) in [5, 5.41) is 0.169. The molecule has 0 N–H and O–H groups in total. The van der Waals surface area contributed by atoms with Crippen molar-refractivity contribution in [3.8, 4) is 0 Å². The minimum absolute atomic E-state index is 0.0359. The second-order valence-corrected chi connectivity index (χ2v) is 11.8. The van der Waals surface area contributed by atoms with E-state index in [1.807, 2.05) is 30.3 Å². The lowest BCUT2D eigenvalue weighted by Crippen LogP contribution is -2.30. The lowest BCUT2D eigenvalue weighted by molar-refractivity contribution is 0.0985. The zero-order chi connectivity index (χ0) is 27.6. The van der Waals surface area contributed by atoms with Crippen molar-refractivity contribution in [1.82, 2.24) is 14.3 Å². The number of anilines is 1. The minimum Gasteiger partial charge on any atom is -0.279 e. The fourth-order valence-corrected chi connectivity index (χ4v) is 6.15. The average molecular weight is 565 g/mol. The van der Waals surface area contributed by atoms with Gasteiger partial charge in [0, 0.05) is 37.6 Å². The van der Waals surface area contributed by atoms with Gasteiger partial charge in [-0.3, -0.25) is 14.7 Å². The number of hydrogen-bond acceptors (Lipinski definition) is 6. The number of carbonyl (C=O) groups excluding carboxylic acids is 1. The topological polar surface area (TPSA) is 83.5 Å². The molecule has 2 aromatic heterocycles. The van der Waals surface area contributed by atoms with Crippen LogP contribution < -0.4 is 4.90 Å². The van der Waals surface area contributed by atoms with Crippen molar-refractivity contribution in [1.29, 1.82) is 0 Å². The standard InChI is InChI=1S/C28H22F2N4O3S2/c1-33(17-19-6-3-2-4-7-19)39(36,37)23-11-9-21(10-12-23)27(35)34(18-20-8-5-13-31-16-20)28-32-26-24(30)14-22(29)15-25(26)38-28/h2-16H,17-18H2,1H3. The number of fused-ring (bicyclic) bond motifs is 1. The van der Waals surface area contributed by atoms with E-state index in [1.54, 1.807) is 24.5 Å². The molecule has 0 unspecified atom stereocenters. The third-order valence-electron chi connectivity index (χ3n) is 6.00. The first-order valence-electron chi connectivity index (χ1n) is 11.8. The van der Waals surface area contributed by atoms with Crippen LogP contribution in [0.15, 0.2) is 96.2 Å². The van der Waals surface area contributed by atoms with Gasteiger partial charge in [-0.05, 0) is 47.5 Å². The third kappa shape index (κ3) is 5.70. The van der Waals surface area contributed by atoms with Crippen LogP contribution in [-0.4, -0.2) is 35.6 Å². The van der Waals surface area contributed by atoms with E-state index in [-0.39, 0.29) is 38.9 Å². The lowest BCUT2D eigenvalue weighted by atomic mass is 10.2. The van der Waals surface area contributed by atoms with Crippen molar-refractivity contribution in [3.05, 3.63) is 120 Å². The molecule has 0 bridgehead atoms. The van der Waals surface area contributed by atoms with Crippen LogP contribution in [0.2, 0.25) is 0 Å². The molecule has 0 atom stereocenters. The Labute approximate surface area is 228 Å². The Morgan fingerprint density at radius 3 is 2.33 bits per heavy atom. The Balaban J connectivity index is 1.45. The molecule has 11 heteroatoms. The summed E-state index contributed by atoms with van der Waals surface area (Å²) in [6, 6.07) is 20.2. The molecule has 0 radical (unpaired) electrons. The molecule has 2 heterocycles. The summed E-state index contributed by atoms with van der Waals surface area (Å²) < 4.78 is 55.9. The second kappa shape index (κ2) is 11.0. The lowest BCUT2D eigenvalue weighted by Gasteiger charge is -2.21. The molecule has 5 rings (SSSR count). The first-order valence-corrected chi connectivity index (χ1v) is 14.0. The van der Waals surface area contributed by atoms with E-state index in [2.05, 4.69) is 9.97 Å². The Bertz CT molecular complexity index is 1730. The number of hydrogen-bond donors (Lipinski definition) is 0. The van der Waals surface area contributed by atoms with Gasteiger partial charge >= 0.3 is 0 Å². The number of pyridine rings is 1. The summed E-state index contributed by atoms with van der Waals surface area (Å²) in [5.74, 6) is -2.05. The Morgan fingerprint density at radius 2 is 1.64 bits per heavy atom. The molecular weight excluding hydrogens is 542 g/mol. The van der Waals surface area contributed by atoms with Crippen molar-refractivity contribution in [2.75, 3.05) is 11.9 Å². The van der Waals surface area contributed by atoms with Gasteiger partial charge in [-0.2, -0.15) is 4.31 Å². The maximum absolute atomic E-state index is 14.4. The van der Waals surface area contributed by atoms with Gasteiger partial charge in [0.1, 0.15) is 11.3 Å². The molecule has 1 amide bonds. The first-order chi connectivity index (χ1) is 18.7. The molecule has 3 aromatic carbocycles. The van der Waals surface area contributed by atoms with E-state index in [1.165, 1.54) is 40.5 Å². The van der Waals surface area contributed by atoms with Crippen LogP contribution in [0.4, 0.5) is 13.9 Å². The molecule has 5 aromatic rings. The minimum atomic E-state index is -3.81. The summed E-state index contributed by atoms with van der Waals surface area (Å²) in [6.45, 7) is 0.258. The smallest absolute Gasteiger partial charge is 0.260 e. The quantitative estimate of drug-likeness (QED) is 0.244. The Morgan fingerprint density at radius 1 is 0.923 bits per heavy atom. The van der Waals surface area contributed by atoms with E-state index in [0.717, 1.165) is 29.0 Å². The molecule has 39 heavy (non-hydrogen) atoms. The highest BCUT2D eigenvalue weighted by molar-refractivity contribution is 7.89. The highest BCUT2D eigenvalue weighted by Crippen LogP contribution is 2.33. The third-order valence-corrected chi connectivity index (χ3v) is 8.84. The number of sulfonamides is 1. The molecule has 198 valence electrons. The van der Waals surface area contributed by atoms with Crippen molar-refractivity contribution in [3.63, 3.8) is 0 Å². The van der Waals surface area contributed by atoms with E-state index in [4.69, 9.17) is 0 Å². The van der Waals surface area contributed by atoms with Gasteiger partial charge in [0.25, 0.3) is 5.91 Å². The van der Waals surface area contributed by atoms with E-state index in [9.17, 15) is 22.0 Å². The van der Waals surface area contributed by atoms with Gasteiger partial charge in [-0.15, -0.1) is 0 Å². The van der Waals surface area contributed by atoms with Crippen LogP contribution >= 0.6 is 11.3 Å². The molecule has 0 fully saturated rings. The van der Waals surface area contributed by atoms with Crippen molar-refractivity contribution >= 4 is 42.6 Å². The number of aromatic nitrogens is 2. The molecular formula is C28H22F2N4O3S2. The Hall–Kier alpha value is -4.06. The number of rotatable bonds is 8. The van der Waals surface area contributed by atoms with Gasteiger partial charge in [-0.25, -0.2) is 22.2 Å². The molecule has 0 aliphatic rings. The number of benzene rings is 3. The van der Waals surface area contributed by atoms with Crippen molar-refractivity contribution in [2.45, 2.75) is 18.0 Å². The highest BCUT2D eigenvalue weighted by atomic mass is 32.2. The van der Waals surface area contributed by atoms with Gasteiger partial charge in [-0.1, -0.05) is 47.7 Å². The van der Waals surface area contributed by atoms with Gasteiger partial charge in [0.05, 0.1) is 16.1 Å². The van der Waals surface area contributed by atoms with Gasteiger partial charge in [0.15, 0.2) is 10.9 Å². The predicted molar refractivity (Wildman–Crippen MR) is 146 cm³/mol. The van der Waals surface area contributed by atoms with Crippen LogP contribution in [0, 0.1) is 11.6 Å². The van der Waals surface area contributed by atoms with E-state index in [0.29, 0.717) is 5.56 Å². The number of carbonyl (C=O) groups is 1. The van der Waals surface area contributed by atoms with Crippen LogP contribution in [-0.2, 0) is 23.1 Å². The van der Waals surface area contributed by atoms with Gasteiger partial charge in [0.2, 0.25) is 10.0 Å². The number of amides is 1. The molecule has 0 spiro atoms. The molecule has 7 nitrogen and oxygen atoms in total. The summed E-state index contributed by atoms with van der Waals surface area (Å²) >= 11 is 0.979. The molecule has 0 saturated heterocycles. The highest BCUT2D eigenvalue weighted by Gasteiger charge is 2.25. The van der Waals surface area contributed by atoms with Crippen molar-refractivity contribution in [2.24, 2.45) is 0 Å². The Kier molecular flexibility index (Phi) is 7.47. The fourth-order valence-electron chi connectivity index (χ4n) is 3.99. The largest absolute Gasteiger partial charge is 0.279 e. The molecule has 0 aliphatic carbocycles. The average Bonchev–Trinajstić information content (AvgIpc) is 3.36. The number of nitrogens with zero attached hydrogens (tertiary/aromatic N) is 4. The van der Waals surface area contributed by atoms with Crippen molar-refractivity contribution < 1.29 is 22.0 Å². The second-order valence-electron chi connectivity index (χ2n) is 8.75. The predicted octanol–water partition coefficient (Wildman–Crippen LogP) is 5.64. The SMILES string of the molecule is CN(Cc1ccccc1)S(=O)(=O)c1ccc(C(=O)N(Cc2cccnc2)c2nc3c(F)cc(F)cc3s2)cc1. The van der Waals surface area contributed by atoms with Crippen LogP contribution in [0.5, 0.6) is 0 Å². The fraction of sp³-hybridized carbons (Fsp3) is 0.107. The summed E-state index contributed by atoms with van der Waals surface area (Å²) in [5.41, 5.74) is 1.70. The molecule has 0 saturated carbocycles. The van der Waals surface area contributed by atoms with Crippen LogP contribution in [0.25, 0.3) is 10.2 Å². The maximum Gasteiger partial charge on any atom is 0.260 e. The first kappa shape index (κ1) is 26.5. The zero-order valence-corrected chi connectivity index (χ0v) is 22.3. The summed E-state index contributed by atoms with van der Waals surface area (Å²) in [7, 11) is -2.32. The summed E-state index contributed by atoms with van der Waals surface area (Å²) in [6.07, 6.45) is 3.19. The number of halogens is 2. The summed E-state index contributed by atoms with van der Waals surface area (Å²) in [4.78, 5) is 23.4. The van der Waals surface area contributed by atoms with E-state index < -0.39 is 27.6 Å². The number of thiazole rings is 1. The monoisotopic (exact) mass is 564 g/mol.